The van der Waals surface area contributed by atoms with Gasteiger partial charge in [0.05, 0.1) is 11.7 Å². The molecule has 0 unspecified atom stereocenters. The lowest BCUT2D eigenvalue weighted by Gasteiger charge is -2.05. The summed E-state index contributed by atoms with van der Waals surface area (Å²) in [6.07, 6.45) is 10.1. The number of allylic oxidation sites excluding steroid dienone is 3. The summed E-state index contributed by atoms with van der Waals surface area (Å²) in [5.41, 5.74) is 2.51. The number of carboxylic acids is 1. The normalized spacial score (nSPS) is 26.7. The van der Waals surface area contributed by atoms with Crippen LogP contribution in [0.15, 0.2) is 23.3 Å². The molecule has 0 aromatic rings. The minimum Gasteiger partial charge on any atom is -0.478 e. The molecule has 0 bridgehead atoms. The summed E-state index contributed by atoms with van der Waals surface area (Å²) >= 11 is 0. The van der Waals surface area contributed by atoms with Gasteiger partial charge in [0, 0.05) is 6.08 Å². The van der Waals surface area contributed by atoms with Gasteiger partial charge in [-0.1, -0.05) is 31.1 Å². The first-order valence-electron chi connectivity index (χ1n) is 7.67. The Balaban J connectivity index is 2.32. The minimum atomic E-state index is -0.855. The second-order valence-electron chi connectivity index (χ2n) is 5.89. The first kappa shape index (κ1) is 17.0. The van der Waals surface area contributed by atoms with Crippen molar-refractivity contribution in [1.82, 2.24) is 0 Å². The highest BCUT2D eigenvalue weighted by Crippen LogP contribution is 2.42. The van der Waals surface area contributed by atoms with Gasteiger partial charge < -0.3 is 9.84 Å². The molecule has 0 aliphatic carbocycles. The van der Waals surface area contributed by atoms with Crippen molar-refractivity contribution in [1.29, 1.82) is 0 Å². The number of carboxylic acid groups (broad SMARTS) is 1. The lowest BCUT2D eigenvalue weighted by Crippen LogP contribution is -2.07. The molecule has 1 rings (SSSR count). The summed E-state index contributed by atoms with van der Waals surface area (Å²) < 4.78 is 5.73. The Labute approximate surface area is 122 Å². The van der Waals surface area contributed by atoms with Crippen molar-refractivity contribution in [2.45, 2.75) is 77.9 Å². The van der Waals surface area contributed by atoms with E-state index in [0.29, 0.717) is 6.10 Å². The van der Waals surface area contributed by atoms with Crippen molar-refractivity contribution in [3.63, 3.8) is 0 Å². The van der Waals surface area contributed by atoms with Crippen molar-refractivity contribution in [2.24, 2.45) is 0 Å². The maximum atomic E-state index is 10.5. The fourth-order valence-electron chi connectivity index (χ4n) is 2.49. The van der Waals surface area contributed by atoms with Crippen LogP contribution in [0.4, 0.5) is 0 Å². The summed E-state index contributed by atoms with van der Waals surface area (Å²) in [5.74, 6) is -0.855. The maximum absolute atomic E-state index is 10.5. The number of aliphatic carboxylic acids is 1. The van der Waals surface area contributed by atoms with Crippen LogP contribution >= 0.6 is 0 Å². The van der Waals surface area contributed by atoms with Crippen LogP contribution < -0.4 is 0 Å². The quantitative estimate of drug-likeness (QED) is 0.385. The Morgan fingerprint density at radius 1 is 1.35 bits per heavy atom. The van der Waals surface area contributed by atoms with Gasteiger partial charge >= 0.3 is 5.97 Å². The van der Waals surface area contributed by atoms with Gasteiger partial charge in [-0.15, -0.1) is 0 Å². The van der Waals surface area contributed by atoms with E-state index in [9.17, 15) is 4.79 Å². The smallest absolute Gasteiger partial charge is 0.328 e. The van der Waals surface area contributed by atoms with Gasteiger partial charge in [0.1, 0.15) is 0 Å². The van der Waals surface area contributed by atoms with Crippen LogP contribution in [-0.2, 0) is 9.53 Å². The molecule has 1 fully saturated rings. The van der Waals surface area contributed by atoms with E-state index in [1.54, 1.807) is 0 Å². The molecular formula is C17H28O3. The number of hydrogen-bond acceptors (Lipinski definition) is 2. The van der Waals surface area contributed by atoms with Gasteiger partial charge in [-0.05, 0) is 52.4 Å². The third-order valence-corrected chi connectivity index (χ3v) is 4.26. The third kappa shape index (κ3) is 5.49. The SMILES string of the molecule is CCC(=CCCC(C)=CC(=O)O)CC[C@H]1O[C@@]1(C)CC. The molecule has 0 spiro atoms. The highest BCUT2D eigenvalue weighted by molar-refractivity contribution is 5.80. The zero-order valence-corrected chi connectivity index (χ0v) is 13.2. The maximum Gasteiger partial charge on any atom is 0.328 e. The standard InChI is InChI=1S/C17H28O3/c1-5-14(9-7-8-13(3)12-16(18)19)10-11-15-17(4,6-2)20-15/h9,12,15H,5-8,10-11H2,1-4H3,(H,18,19)/t15-,17+/m1/s1. The van der Waals surface area contributed by atoms with Gasteiger partial charge in [-0.25, -0.2) is 4.79 Å². The number of rotatable bonds is 9. The van der Waals surface area contributed by atoms with Crippen LogP contribution in [0.3, 0.4) is 0 Å². The molecule has 3 heteroatoms. The van der Waals surface area contributed by atoms with Crippen LogP contribution in [0.1, 0.15) is 66.2 Å². The van der Waals surface area contributed by atoms with E-state index in [2.05, 4.69) is 26.8 Å². The molecule has 20 heavy (non-hydrogen) atoms. The number of epoxide rings is 1. The van der Waals surface area contributed by atoms with Gasteiger partial charge in [-0.3, -0.25) is 0 Å². The van der Waals surface area contributed by atoms with E-state index in [0.717, 1.165) is 44.1 Å². The van der Waals surface area contributed by atoms with Crippen molar-refractivity contribution in [3.8, 4) is 0 Å². The summed E-state index contributed by atoms with van der Waals surface area (Å²) in [4.78, 5) is 10.5. The van der Waals surface area contributed by atoms with E-state index in [-0.39, 0.29) is 5.60 Å². The zero-order chi connectivity index (χ0) is 15.2. The lowest BCUT2D eigenvalue weighted by molar-refractivity contribution is -0.131. The number of hydrogen-bond donors (Lipinski definition) is 1. The Bertz CT molecular complexity index is 395. The second kappa shape index (κ2) is 7.63. The van der Waals surface area contributed by atoms with Crippen molar-refractivity contribution in [3.05, 3.63) is 23.3 Å². The molecule has 1 heterocycles. The highest BCUT2D eigenvalue weighted by atomic mass is 16.6. The topological polar surface area (TPSA) is 49.8 Å². The first-order chi connectivity index (χ1) is 9.41. The van der Waals surface area contributed by atoms with Gasteiger partial charge in [0.2, 0.25) is 0 Å². The summed E-state index contributed by atoms with van der Waals surface area (Å²) in [6, 6.07) is 0. The summed E-state index contributed by atoms with van der Waals surface area (Å²) in [6.45, 7) is 8.41. The molecule has 0 amide bonds. The molecule has 2 atom stereocenters. The zero-order valence-electron chi connectivity index (χ0n) is 13.2. The molecule has 0 aromatic carbocycles. The Morgan fingerprint density at radius 3 is 2.55 bits per heavy atom. The number of ether oxygens (including phenoxy) is 1. The van der Waals surface area contributed by atoms with E-state index in [4.69, 9.17) is 9.84 Å². The molecule has 1 N–H and O–H groups in total. The predicted octanol–water partition coefficient (Wildman–Crippen LogP) is 4.48. The van der Waals surface area contributed by atoms with Crippen molar-refractivity contribution in [2.75, 3.05) is 0 Å². The van der Waals surface area contributed by atoms with Crippen LogP contribution in [0.2, 0.25) is 0 Å². The van der Waals surface area contributed by atoms with E-state index < -0.39 is 5.97 Å². The van der Waals surface area contributed by atoms with E-state index in [1.807, 2.05) is 6.92 Å². The van der Waals surface area contributed by atoms with E-state index in [1.165, 1.54) is 11.6 Å². The van der Waals surface area contributed by atoms with Crippen LogP contribution in [0.25, 0.3) is 0 Å². The van der Waals surface area contributed by atoms with Crippen LogP contribution in [0.5, 0.6) is 0 Å². The Hall–Kier alpha value is -1.09. The monoisotopic (exact) mass is 280 g/mol. The average Bonchev–Trinajstić information content (AvgIpc) is 3.04. The predicted molar refractivity (Wildman–Crippen MR) is 81.8 cm³/mol. The Morgan fingerprint density at radius 2 is 2.05 bits per heavy atom. The molecule has 0 radical (unpaired) electrons. The molecular weight excluding hydrogens is 252 g/mol. The van der Waals surface area contributed by atoms with Gasteiger partial charge in [0.15, 0.2) is 0 Å². The fraction of sp³-hybridized carbons (Fsp3) is 0.706. The second-order valence-corrected chi connectivity index (χ2v) is 5.89. The largest absolute Gasteiger partial charge is 0.478 e. The molecule has 0 saturated carbocycles. The average molecular weight is 280 g/mol. The summed E-state index contributed by atoms with van der Waals surface area (Å²) in [5, 5.41) is 8.66. The number of carbonyl (C=O) groups is 1. The molecule has 1 aliphatic heterocycles. The summed E-state index contributed by atoms with van der Waals surface area (Å²) in [7, 11) is 0. The first-order valence-corrected chi connectivity index (χ1v) is 7.67. The third-order valence-electron chi connectivity index (χ3n) is 4.26. The lowest BCUT2D eigenvalue weighted by atomic mass is 9.97. The van der Waals surface area contributed by atoms with Crippen molar-refractivity contribution < 1.29 is 14.6 Å². The van der Waals surface area contributed by atoms with Crippen LogP contribution in [0, 0.1) is 0 Å². The molecule has 1 saturated heterocycles. The minimum absolute atomic E-state index is 0.125. The van der Waals surface area contributed by atoms with Gasteiger partial charge in [0.25, 0.3) is 0 Å². The highest BCUT2D eigenvalue weighted by Gasteiger charge is 2.49. The Kier molecular flexibility index (Phi) is 6.47. The fourth-order valence-corrected chi connectivity index (χ4v) is 2.49. The molecule has 114 valence electrons. The van der Waals surface area contributed by atoms with E-state index >= 15 is 0 Å². The van der Waals surface area contributed by atoms with Gasteiger partial charge in [-0.2, -0.15) is 0 Å². The molecule has 3 nitrogen and oxygen atoms in total. The molecule has 1 aliphatic rings. The van der Waals surface area contributed by atoms with Crippen LogP contribution in [-0.4, -0.2) is 22.8 Å². The molecule has 0 aromatic heterocycles. The van der Waals surface area contributed by atoms with Crippen molar-refractivity contribution >= 4 is 5.97 Å².